The first kappa shape index (κ1) is 29.0. The van der Waals surface area contributed by atoms with Crippen molar-refractivity contribution in [2.24, 2.45) is 0 Å². The first-order valence-electron chi connectivity index (χ1n) is 16.9. The molecule has 0 spiro atoms. The number of nitrogens with zero attached hydrogens (tertiary/aromatic N) is 2. The van der Waals surface area contributed by atoms with E-state index in [2.05, 4.69) is 199 Å². The minimum atomic E-state index is -0.404. The van der Waals surface area contributed by atoms with E-state index in [0.717, 1.165) is 29.2 Å². The molecule has 49 heavy (non-hydrogen) atoms. The molecule has 1 unspecified atom stereocenters. The predicted molar refractivity (Wildman–Crippen MR) is 207 cm³/mol. The largest absolute Gasteiger partial charge is 0.310 e. The zero-order valence-electron chi connectivity index (χ0n) is 27.5. The summed E-state index contributed by atoms with van der Waals surface area (Å²) in [5.74, 6) is 0. The zero-order chi connectivity index (χ0) is 33.0. The molecular formula is C47H35N2+. The van der Waals surface area contributed by atoms with Gasteiger partial charge in [-0.2, -0.15) is 0 Å². The molecule has 2 aliphatic carbocycles. The molecule has 0 radical (unpaired) electrons. The molecule has 0 aliphatic heterocycles. The highest BCUT2D eigenvalue weighted by molar-refractivity contribution is 6.10. The summed E-state index contributed by atoms with van der Waals surface area (Å²) in [4.78, 5) is 2.39. The third-order valence-corrected chi connectivity index (χ3v) is 10.3. The fourth-order valence-corrected chi connectivity index (χ4v) is 7.87. The van der Waals surface area contributed by atoms with Gasteiger partial charge in [0.2, 0.25) is 11.5 Å². The van der Waals surface area contributed by atoms with Crippen LogP contribution in [0.5, 0.6) is 0 Å². The average Bonchev–Trinajstić information content (AvgIpc) is 3.45. The molecule has 0 saturated carbocycles. The highest BCUT2D eigenvalue weighted by atomic mass is 15.1. The summed E-state index contributed by atoms with van der Waals surface area (Å²) in [6.45, 7) is 6.48. The zero-order valence-corrected chi connectivity index (χ0v) is 27.5. The number of fused-ring (bicyclic) bond motifs is 5. The summed E-state index contributed by atoms with van der Waals surface area (Å²) in [5, 5.41) is 2.46. The summed E-state index contributed by atoms with van der Waals surface area (Å²) in [6, 6.07) is 52.7. The van der Waals surface area contributed by atoms with Crippen LogP contribution in [0.4, 0.5) is 17.1 Å². The monoisotopic (exact) mass is 627 g/mol. The van der Waals surface area contributed by atoms with Gasteiger partial charge in [-0.3, -0.25) is 0 Å². The summed E-state index contributed by atoms with van der Waals surface area (Å²) in [7, 11) is 0. The van der Waals surface area contributed by atoms with Crippen LogP contribution in [0.1, 0.15) is 24.5 Å². The maximum absolute atomic E-state index is 4.23. The lowest BCUT2D eigenvalue weighted by atomic mass is 9.79. The number of rotatable bonds is 6. The van der Waals surface area contributed by atoms with Gasteiger partial charge in [-0.05, 0) is 89.3 Å². The van der Waals surface area contributed by atoms with Crippen LogP contribution < -0.4 is 4.90 Å². The Morgan fingerprint density at radius 2 is 1.29 bits per heavy atom. The normalized spacial score (nSPS) is 16.4. The summed E-state index contributed by atoms with van der Waals surface area (Å²) < 4.78 is 2.37. The van der Waals surface area contributed by atoms with Crippen molar-refractivity contribution in [3.05, 3.63) is 199 Å². The lowest BCUT2D eigenvalue weighted by Crippen LogP contribution is -2.19. The highest BCUT2D eigenvalue weighted by Crippen LogP contribution is 2.51. The van der Waals surface area contributed by atoms with Crippen LogP contribution in [-0.4, -0.2) is 4.57 Å². The van der Waals surface area contributed by atoms with Crippen LogP contribution in [0.25, 0.3) is 44.2 Å². The lowest BCUT2D eigenvalue weighted by Gasteiger charge is -2.27. The van der Waals surface area contributed by atoms with Gasteiger partial charge in [0.25, 0.3) is 0 Å². The van der Waals surface area contributed by atoms with E-state index in [1.807, 2.05) is 0 Å². The topological polar surface area (TPSA) is 8.17 Å². The van der Waals surface area contributed by atoms with E-state index in [0.29, 0.717) is 0 Å². The van der Waals surface area contributed by atoms with E-state index in [1.165, 1.54) is 55.2 Å². The van der Waals surface area contributed by atoms with Gasteiger partial charge in [0.05, 0.1) is 11.0 Å². The highest BCUT2D eigenvalue weighted by Gasteiger charge is 2.47. The van der Waals surface area contributed by atoms with Gasteiger partial charge in [0, 0.05) is 51.6 Å². The molecule has 2 heteroatoms. The molecule has 0 amide bonds. The standard InChI is InChI=1S/C47H35N2/c1-3-47(2)43-21-12-6-11-19-39(43)40-29-27-38(32-44(40)47)48(36-25-23-34(24-26-36)33-15-7-4-8-16-33)37-28-30-46-42(31-37)41-20-13-14-22-45(41)49(46)35-17-9-5-10-18-35/h4-18,20-32H,1,19H2,2H3/q+1. The average molecular weight is 628 g/mol. The number of benzene rings is 6. The molecule has 0 fully saturated rings. The molecule has 0 saturated heterocycles. The Hall–Kier alpha value is -6.21. The van der Waals surface area contributed by atoms with E-state index in [1.54, 1.807) is 0 Å². The van der Waals surface area contributed by atoms with Crippen LogP contribution >= 0.6 is 0 Å². The molecule has 0 N–H and O–H groups in total. The second kappa shape index (κ2) is 11.5. The quantitative estimate of drug-likeness (QED) is 0.167. The molecule has 2 aliphatic rings. The Kier molecular flexibility index (Phi) is 6.79. The van der Waals surface area contributed by atoms with Crippen molar-refractivity contribution >= 4 is 44.4 Å². The molecule has 9 rings (SSSR count). The van der Waals surface area contributed by atoms with Crippen molar-refractivity contribution in [1.82, 2.24) is 4.57 Å². The number of para-hydroxylation sites is 2. The second-order valence-electron chi connectivity index (χ2n) is 13.1. The minimum absolute atomic E-state index is 0.404. The van der Waals surface area contributed by atoms with Crippen molar-refractivity contribution in [3.8, 4) is 16.8 Å². The van der Waals surface area contributed by atoms with E-state index in [4.69, 9.17) is 0 Å². The number of hydrogen-bond acceptors (Lipinski definition) is 1. The smallest absolute Gasteiger partial charge is 0.233 e. The summed E-state index contributed by atoms with van der Waals surface area (Å²) in [6.07, 6.45) is 13.1. The molecule has 6 aromatic carbocycles. The summed E-state index contributed by atoms with van der Waals surface area (Å²) in [5.41, 5.74) is 14.0. The fourth-order valence-electron chi connectivity index (χ4n) is 7.87. The van der Waals surface area contributed by atoms with Gasteiger partial charge in [-0.25, -0.2) is 0 Å². The predicted octanol–water partition coefficient (Wildman–Crippen LogP) is 12.5. The van der Waals surface area contributed by atoms with Crippen LogP contribution in [0, 0.1) is 6.08 Å². The van der Waals surface area contributed by atoms with Gasteiger partial charge in [-0.1, -0.05) is 109 Å². The molecule has 0 bridgehead atoms. The maximum atomic E-state index is 4.23. The summed E-state index contributed by atoms with van der Waals surface area (Å²) >= 11 is 0. The third-order valence-electron chi connectivity index (χ3n) is 10.3. The van der Waals surface area contributed by atoms with E-state index in [9.17, 15) is 0 Å². The van der Waals surface area contributed by atoms with Crippen molar-refractivity contribution < 1.29 is 0 Å². The molecule has 1 heterocycles. The lowest BCUT2D eigenvalue weighted by molar-refractivity contribution is 0.719. The minimum Gasteiger partial charge on any atom is -0.310 e. The van der Waals surface area contributed by atoms with E-state index >= 15 is 0 Å². The van der Waals surface area contributed by atoms with Crippen molar-refractivity contribution in [3.63, 3.8) is 0 Å². The Balaban J connectivity index is 1.24. The molecule has 7 aromatic rings. The van der Waals surface area contributed by atoms with Gasteiger partial charge >= 0.3 is 0 Å². The van der Waals surface area contributed by atoms with Crippen LogP contribution in [-0.2, 0) is 5.41 Å². The van der Waals surface area contributed by atoms with Crippen molar-refractivity contribution in [2.45, 2.75) is 18.8 Å². The molecule has 232 valence electrons. The fraction of sp³-hybridized carbons (Fsp3) is 0.0638. The van der Waals surface area contributed by atoms with Crippen LogP contribution in [0.15, 0.2) is 182 Å². The molecule has 2 nitrogen and oxygen atoms in total. The molecule has 1 aromatic heterocycles. The van der Waals surface area contributed by atoms with Crippen LogP contribution in [0.3, 0.4) is 0 Å². The van der Waals surface area contributed by atoms with Gasteiger partial charge in [-0.15, -0.1) is 0 Å². The Bertz CT molecular complexity index is 2480. The van der Waals surface area contributed by atoms with Crippen LogP contribution in [0.2, 0.25) is 0 Å². The van der Waals surface area contributed by atoms with E-state index < -0.39 is 5.41 Å². The molecule has 1 atom stereocenters. The second-order valence-corrected chi connectivity index (χ2v) is 13.1. The third kappa shape index (κ3) is 4.61. The van der Waals surface area contributed by atoms with Gasteiger partial charge in [0.1, 0.15) is 6.58 Å². The molecular weight excluding hydrogens is 593 g/mol. The van der Waals surface area contributed by atoms with Gasteiger partial charge in [0.15, 0.2) is 0 Å². The Morgan fingerprint density at radius 1 is 0.633 bits per heavy atom. The first-order chi connectivity index (χ1) is 24.1. The number of allylic oxidation sites excluding steroid dienone is 7. The van der Waals surface area contributed by atoms with Gasteiger partial charge < -0.3 is 9.47 Å². The Morgan fingerprint density at radius 3 is 2.08 bits per heavy atom. The van der Waals surface area contributed by atoms with Crippen molar-refractivity contribution in [1.29, 1.82) is 0 Å². The first-order valence-corrected chi connectivity index (χ1v) is 16.9. The number of anilines is 3. The SMILES string of the molecule is C=[C+]C1(C)C2=C(CC=CC=C2)c2ccc(N(c3ccc(-c4ccccc4)cc3)c3ccc4c(c3)c3ccccc3n4-c3ccccc3)cc21. The number of hydrogen-bond donors (Lipinski definition) is 0. The number of aromatic nitrogens is 1. The maximum Gasteiger partial charge on any atom is 0.233 e. The van der Waals surface area contributed by atoms with Crippen molar-refractivity contribution in [2.75, 3.05) is 4.90 Å². The van der Waals surface area contributed by atoms with E-state index in [-0.39, 0.29) is 0 Å². The Labute approximate surface area is 287 Å².